The molecule has 2 heterocycles. The molecule has 0 amide bonds. The zero-order valence-electron chi connectivity index (χ0n) is 12.6. The fraction of sp³-hybridized carbons (Fsp3) is 0.200. The lowest BCUT2D eigenvalue weighted by atomic mass is 10.2. The molecule has 0 aliphatic heterocycles. The number of carbonyl (C=O) groups is 1. The van der Waals surface area contributed by atoms with Crippen molar-refractivity contribution in [2.75, 3.05) is 6.61 Å². The summed E-state index contributed by atoms with van der Waals surface area (Å²) in [4.78, 5) is 27.6. The van der Waals surface area contributed by atoms with Crippen molar-refractivity contribution in [3.8, 4) is 11.5 Å². The molecule has 7 nitrogen and oxygen atoms in total. The van der Waals surface area contributed by atoms with E-state index in [1.165, 1.54) is 24.3 Å². The van der Waals surface area contributed by atoms with Crippen LogP contribution in [0.25, 0.3) is 11.5 Å². The van der Waals surface area contributed by atoms with E-state index in [4.69, 9.17) is 9.15 Å². The number of ether oxygens (including phenoxy) is 1. The van der Waals surface area contributed by atoms with Crippen LogP contribution in [-0.2, 0) is 11.3 Å². The van der Waals surface area contributed by atoms with Gasteiger partial charge in [-0.25, -0.2) is 19.0 Å². The molecule has 0 fully saturated rings. The van der Waals surface area contributed by atoms with E-state index in [2.05, 4.69) is 10.1 Å². The fourth-order valence-corrected chi connectivity index (χ4v) is 2.63. The maximum atomic E-state index is 12.9. The van der Waals surface area contributed by atoms with Crippen LogP contribution in [0.15, 0.2) is 38.9 Å². The smallest absolute Gasteiger partial charge is 0.437 e. The molecule has 24 heavy (non-hydrogen) atoms. The number of carbonyl (C=O) groups excluding carboxylic acids is 1. The average Bonchev–Trinajstić information content (AvgIpc) is 3.16. The molecule has 0 saturated heterocycles. The maximum Gasteiger partial charge on any atom is 0.437 e. The summed E-state index contributed by atoms with van der Waals surface area (Å²) in [7, 11) is 0. The van der Waals surface area contributed by atoms with E-state index in [1.54, 1.807) is 12.3 Å². The number of hydrogen-bond acceptors (Lipinski definition) is 7. The number of rotatable bonds is 5. The normalized spacial score (nSPS) is 10.8. The van der Waals surface area contributed by atoms with E-state index >= 15 is 0 Å². The highest BCUT2D eigenvalue weighted by molar-refractivity contribution is 7.11. The first-order valence-corrected chi connectivity index (χ1v) is 7.90. The summed E-state index contributed by atoms with van der Waals surface area (Å²) >= 11 is 1.13. The lowest BCUT2D eigenvalue weighted by Gasteiger charge is -1.96. The number of benzene rings is 1. The van der Waals surface area contributed by atoms with Gasteiger partial charge in [0.1, 0.15) is 5.82 Å². The van der Waals surface area contributed by atoms with Crippen LogP contribution < -0.4 is 5.76 Å². The Kier molecular flexibility index (Phi) is 4.52. The summed E-state index contributed by atoms with van der Waals surface area (Å²) in [5.74, 6) is -1.48. The molecule has 0 aliphatic carbocycles. The Balaban J connectivity index is 1.80. The summed E-state index contributed by atoms with van der Waals surface area (Å²) in [6, 6.07) is 5.43. The maximum absolute atomic E-state index is 12.9. The number of halogens is 1. The Morgan fingerprint density at radius 2 is 2.12 bits per heavy atom. The van der Waals surface area contributed by atoms with E-state index in [0.29, 0.717) is 11.3 Å². The van der Waals surface area contributed by atoms with E-state index in [1.807, 2.05) is 0 Å². The second-order valence-electron chi connectivity index (χ2n) is 4.70. The Hall–Kier alpha value is -2.81. The summed E-state index contributed by atoms with van der Waals surface area (Å²) in [5, 5.41) is 5.91. The van der Waals surface area contributed by atoms with Gasteiger partial charge in [0.15, 0.2) is 0 Å². The van der Waals surface area contributed by atoms with Crippen molar-refractivity contribution in [2.24, 2.45) is 0 Å². The molecule has 0 N–H and O–H groups in total. The van der Waals surface area contributed by atoms with Gasteiger partial charge in [0.05, 0.1) is 18.8 Å². The quantitative estimate of drug-likeness (QED) is 0.657. The summed E-state index contributed by atoms with van der Waals surface area (Å²) in [5.41, 5.74) is 0.974. The molecule has 0 bridgehead atoms. The number of hydrogen-bond donors (Lipinski definition) is 0. The van der Waals surface area contributed by atoms with Gasteiger partial charge >= 0.3 is 11.7 Å². The summed E-state index contributed by atoms with van der Waals surface area (Å²) < 4.78 is 23.9. The van der Waals surface area contributed by atoms with Crippen LogP contribution in [0, 0.1) is 5.82 Å². The second kappa shape index (κ2) is 6.75. The number of aromatic nitrogens is 3. The van der Waals surface area contributed by atoms with Crippen molar-refractivity contribution >= 4 is 17.3 Å². The highest BCUT2D eigenvalue weighted by Gasteiger charge is 2.15. The standard InChI is InChI=1S/C15H12FN3O4S/c1-2-22-14(20)13-17-11(8-24-13)7-19-15(21)23-12(18-19)9-3-5-10(16)6-4-9/h3-6,8H,2,7H2,1H3. The number of esters is 1. The highest BCUT2D eigenvalue weighted by atomic mass is 32.1. The minimum absolute atomic E-state index is 0.0550. The van der Waals surface area contributed by atoms with Crippen LogP contribution >= 0.6 is 11.3 Å². The highest BCUT2D eigenvalue weighted by Crippen LogP contribution is 2.16. The SMILES string of the molecule is CCOC(=O)c1nc(Cn2nc(-c3ccc(F)cc3)oc2=O)cs1. The Morgan fingerprint density at radius 3 is 2.83 bits per heavy atom. The van der Waals surface area contributed by atoms with E-state index in [-0.39, 0.29) is 24.0 Å². The zero-order chi connectivity index (χ0) is 17.1. The first-order chi connectivity index (χ1) is 11.6. The molecule has 0 aliphatic rings. The molecule has 124 valence electrons. The van der Waals surface area contributed by atoms with Gasteiger partial charge in [0.2, 0.25) is 10.9 Å². The largest absolute Gasteiger partial charge is 0.461 e. The van der Waals surface area contributed by atoms with Crippen molar-refractivity contribution in [3.63, 3.8) is 0 Å². The predicted molar refractivity (Wildman–Crippen MR) is 83.3 cm³/mol. The average molecular weight is 349 g/mol. The molecule has 0 spiro atoms. The molecule has 9 heteroatoms. The molecule has 0 atom stereocenters. The lowest BCUT2D eigenvalue weighted by molar-refractivity contribution is 0.0525. The Bertz CT molecular complexity index is 913. The van der Waals surface area contributed by atoms with Crippen LogP contribution in [0.2, 0.25) is 0 Å². The van der Waals surface area contributed by atoms with Crippen molar-refractivity contribution in [1.29, 1.82) is 0 Å². The Morgan fingerprint density at radius 1 is 1.38 bits per heavy atom. The minimum Gasteiger partial charge on any atom is -0.461 e. The third kappa shape index (κ3) is 3.40. The van der Waals surface area contributed by atoms with Gasteiger partial charge < -0.3 is 9.15 Å². The molecular weight excluding hydrogens is 337 g/mol. The Labute approximate surface area is 139 Å². The summed E-state index contributed by atoms with van der Waals surface area (Å²) in [6.45, 7) is 2.02. The van der Waals surface area contributed by atoms with Gasteiger partial charge in [-0.1, -0.05) is 0 Å². The van der Waals surface area contributed by atoms with Crippen LogP contribution in [-0.4, -0.2) is 27.3 Å². The third-order valence-electron chi connectivity index (χ3n) is 3.01. The minimum atomic E-state index is -0.667. The molecule has 1 aromatic carbocycles. The van der Waals surface area contributed by atoms with E-state index in [0.717, 1.165) is 16.0 Å². The van der Waals surface area contributed by atoms with Crippen molar-refractivity contribution in [3.05, 3.63) is 56.7 Å². The van der Waals surface area contributed by atoms with Gasteiger partial charge in [-0.2, -0.15) is 4.68 Å². The number of nitrogens with zero attached hydrogens (tertiary/aromatic N) is 3. The predicted octanol–water partition coefficient (Wildman–Crippen LogP) is 2.32. The topological polar surface area (TPSA) is 87.2 Å². The van der Waals surface area contributed by atoms with Gasteiger partial charge in [-0.3, -0.25) is 0 Å². The molecule has 2 aromatic heterocycles. The first-order valence-electron chi connectivity index (χ1n) is 7.02. The third-order valence-corrected chi connectivity index (χ3v) is 3.88. The molecule has 3 rings (SSSR count). The molecule has 0 radical (unpaired) electrons. The van der Waals surface area contributed by atoms with Gasteiger partial charge in [-0.15, -0.1) is 16.4 Å². The first kappa shape index (κ1) is 16.1. The monoisotopic (exact) mass is 349 g/mol. The van der Waals surface area contributed by atoms with Gasteiger partial charge in [0.25, 0.3) is 0 Å². The van der Waals surface area contributed by atoms with Crippen LogP contribution in [0.1, 0.15) is 22.4 Å². The molecule has 0 saturated carbocycles. The van der Waals surface area contributed by atoms with E-state index < -0.39 is 17.5 Å². The lowest BCUT2D eigenvalue weighted by Crippen LogP contribution is -2.17. The second-order valence-corrected chi connectivity index (χ2v) is 5.56. The van der Waals surface area contributed by atoms with Gasteiger partial charge in [0, 0.05) is 10.9 Å². The van der Waals surface area contributed by atoms with Crippen LogP contribution in [0.4, 0.5) is 4.39 Å². The van der Waals surface area contributed by atoms with Gasteiger partial charge in [-0.05, 0) is 31.2 Å². The zero-order valence-corrected chi connectivity index (χ0v) is 13.4. The van der Waals surface area contributed by atoms with Crippen molar-refractivity contribution < 1.29 is 18.3 Å². The molecule has 0 unspecified atom stereocenters. The molecular formula is C15H12FN3O4S. The van der Waals surface area contributed by atoms with Crippen molar-refractivity contribution in [2.45, 2.75) is 13.5 Å². The van der Waals surface area contributed by atoms with Crippen LogP contribution in [0.5, 0.6) is 0 Å². The van der Waals surface area contributed by atoms with Crippen molar-refractivity contribution in [1.82, 2.24) is 14.8 Å². The molecule has 3 aromatic rings. The summed E-state index contributed by atoms with van der Waals surface area (Å²) in [6.07, 6.45) is 0. The van der Waals surface area contributed by atoms with Crippen LogP contribution in [0.3, 0.4) is 0 Å². The van der Waals surface area contributed by atoms with E-state index in [9.17, 15) is 14.0 Å². The fourth-order valence-electron chi connectivity index (χ4n) is 1.93. The number of thiazole rings is 1.